The number of aliphatic hydroxyl groups is 5. The Morgan fingerprint density at radius 2 is 1.79 bits per heavy atom. The number of hydrogen-bond donors (Lipinski definition) is 5. The van der Waals surface area contributed by atoms with Crippen LogP contribution >= 0.6 is 0 Å². The van der Waals surface area contributed by atoms with Gasteiger partial charge in [-0.25, -0.2) is 0 Å². The van der Waals surface area contributed by atoms with Crippen molar-refractivity contribution < 1.29 is 30.4 Å². The first-order valence-electron chi connectivity index (χ1n) is 3.94. The van der Waals surface area contributed by atoms with Crippen LogP contribution in [0.15, 0.2) is 5.16 Å². The van der Waals surface area contributed by atoms with Gasteiger partial charge in [0.05, 0.1) is 12.8 Å². The highest BCUT2D eigenvalue weighted by Gasteiger charge is 2.29. The molecule has 5 N–H and O–H groups in total. The van der Waals surface area contributed by atoms with Gasteiger partial charge in [0, 0.05) is 0 Å². The van der Waals surface area contributed by atoms with E-state index in [2.05, 4.69) is 9.99 Å². The topological polar surface area (TPSA) is 123 Å². The van der Waals surface area contributed by atoms with Crippen LogP contribution in [-0.4, -0.2) is 69.9 Å². The first-order valence-corrected chi connectivity index (χ1v) is 3.94. The molecule has 0 radical (unpaired) electrons. The summed E-state index contributed by atoms with van der Waals surface area (Å²) >= 11 is 0. The van der Waals surface area contributed by atoms with E-state index in [4.69, 9.17) is 20.4 Å². The molecular weight excluding hydrogens is 194 g/mol. The third-order valence-electron chi connectivity index (χ3n) is 1.60. The minimum absolute atomic E-state index is 0.716. The highest BCUT2D eigenvalue weighted by molar-refractivity contribution is 5.62. The van der Waals surface area contributed by atoms with Crippen molar-refractivity contribution in [3.8, 4) is 0 Å². The summed E-state index contributed by atoms with van der Waals surface area (Å²) in [5.41, 5.74) is 0. The van der Waals surface area contributed by atoms with Crippen molar-refractivity contribution >= 4 is 6.21 Å². The van der Waals surface area contributed by atoms with Crippen molar-refractivity contribution in [2.75, 3.05) is 13.7 Å². The second-order valence-corrected chi connectivity index (χ2v) is 2.66. The second kappa shape index (κ2) is 6.68. The number of nitrogens with zero attached hydrogens (tertiary/aromatic N) is 1. The highest BCUT2D eigenvalue weighted by atomic mass is 16.6. The van der Waals surface area contributed by atoms with Crippen LogP contribution in [0.4, 0.5) is 0 Å². The van der Waals surface area contributed by atoms with Crippen molar-refractivity contribution in [2.45, 2.75) is 24.4 Å². The van der Waals surface area contributed by atoms with Gasteiger partial charge in [-0.1, -0.05) is 5.16 Å². The van der Waals surface area contributed by atoms with Gasteiger partial charge in [0.1, 0.15) is 31.5 Å². The summed E-state index contributed by atoms with van der Waals surface area (Å²) in [4.78, 5) is 4.23. The number of hydrogen-bond acceptors (Lipinski definition) is 7. The minimum atomic E-state index is -1.65. The van der Waals surface area contributed by atoms with Crippen molar-refractivity contribution in [1.82, 2.24) is 0 Å². The van der Waals surface area contributed by atoms with E-state index in [1.807, 2.05) is 0 Å². The molecule has 0 fully saturated rings. The molecule has 0 aliphatic heterocycles. The number of rotatable bonds is 6. The predicted octanol–water partition coefficient (Wildman–Crippen LogP) is -2.95. The average molecular weight is 209 g/mol. The summed E-state index contributed by atoms with van der Waals surface area (Å²) in [7, 11) is 1.24. The van der Waals surface area contributed by atoms with Crippen molar-refractivity contribution in [1.29, 1.82) is 0 Å². The Hall–Kier alpha value is -0.730. The lowest BCUT2D eigenvalue weighted by Gasteiger charge is -2.23. The van der Waals surface area contributed by atoms with E-state index in [0.29, 0.717) is 0 Å². The fraction of sp³-hybridized carbons (Fsp3) is 0.857. The molecular formula is C7H15NO6. The van der Waals surface area contributed by atoms with E-state index < -0.39 is 31.0 Å². The van der Waals surface area contributed by atoms with E-state index >= 15 is 0 Å². The van der Waals surface area contributed by atoms with Gasteiger partial charge in [0.25, 0.3) is 0 Å². The average Bonchev–Trinajstić information content (AvgIpc) is 2.22. The molecule has 4 atom stereocenters. The Labute approximate surface area is 80.9 Å². The summed E-state index contributed by atoms with van der Waals surface area (Å²) in [5, 5.41) is 48.0. The Balaban J connectivity index is 4.15. The summed E-state index contributed by atoms with van der Waals surface area (Å²) in [6.07, 6.45) is -5.44. The monoisotopic (exact) mass is 209 g/mol. The van der Waals surface area contributed by atoms with E-state index in [1.54, 1.807) is 0 Å². The molecule has 0 aliphatic rings. The quantitative estimate of drug-likeness (QED) is 0.235. The van der Waals surface area contributed by atoms with E-state index in [-0.39, 0.29) is 0 Å². The number of aliphatic hydroxyl groups excluding tert-OH is 5. The van der Waals surface area contributed by atoms with Crippen molar-refractivity contribution in [3.63, 3.8) is 0 Å². The molecule has 0 saturated carbocycles. The highest BCUT2D eigenvalue weighted by Crippen LogP contribution is 2.03. The third-order valence-corrected chi connectivity index (χ3v) is 1.60. The van der Waals surface area contributed by atoms with Gasteiger partial charge in [-0.2, -0.15) is 0 Å². The zero-order valence-corrected chi connectivity index (χ0v) is 7.69. The van der Waals surface area contributed by atoms with E-state index in [0.717, 1.165) is 6.21 Å². The largest absolute Gasteiger partial charge is 0.399 e. The fourth-order valence-electron chi connectivity index (χ4n) is 0.749. The van der Waals surface area contributed by atoms with Gasteiger partial charge < -0.3 is 30.4 Å². The van der Waals surface area contributed by atoms with Crippen LogP contribution in [0.2, 0.25) is 0 Å². The van der Waals surface area contributed by atoms with Gasteiger partial charge in [0.15, 0.2) is 0 Å². The maximum Gasteiger partial charge on any atom is 0.121 e. The zero-order valence-electron chi connectivity index (χ0n) is 7.69. The van der Waals surface area contributed by atoms with Crippen LogP contribution in [0.3, 0.4) is 0 Å². The van der Waals surface area contributed by atoms with Gasteiger partial charge in [0.2, 0.25) is 0 Å². The Kier molecular flexibility index (Phi) is 6.34. The lowest BCUT2D eigenvalue weighted by atomic mass is 10.0. The molecule has 0 aliphatic carbocycles. The van der Waals surface area contributed by atoms with Gasteiger partial charge >= 0.3 is 0 Å². The second-order valence-electron chi connectivity index (χ2n) is 2.66. The molecule has 0 aromatic carbocycles. The summed E-state index contributed by atoms with van der Waals surface area (Å²) in [6, 6.07) is 0. The maximum absolute atomic E-state index is 9.20. The SMILES string of the molecule is CON=C[C@H](O)[C@@H](O)[C@H](O)[C@H](O)CO. The molecule has 0 amide bonds. The van der Waals surface area contributed by atoms with Crippen molar-refractivity contribution in [2.24, 2.45) is 5.16 Å². The maximum atomic E-state index is 9.20. The first kappa shape index (κ1) is 13.3. The van der Waals surface area contributed by atoms with Gasteiger partial charge in [-0.05, 0) is 0 Å². The molecule has 0 aromatic rings. The summed E-state index contributed by atoms with van der Waals surface area (Å²) in [6.45, 7) is -0.716. The van der Waals surface area contributed by atoms with Crippen LogP contribution in [0.1, 0.15) is 0 Å². The molecule has 7 heteroatoms. The lowest BCUT2D eigenvalue weighted by Crippen LogP contribution is -2.46. The summed E-state index contributed by atoms with van der Waals surface area (Å²) < 4.78 is 0. The van der Waals surface area contributed by atoms with Crippen molar-refractivity contribution in [3.05, 3.63) is 0 Å². The molecule has 0 rings (SSSR count). The van der Waals surface area contributed by atoms with Crippen LogP contribution < -0.4 is 0 Å². The number of oxime groups is 1. The van der Waals surface area contributed by atoms with Crippen LogP contribution in [0.5, 0.6) is 0 Å². The lowest BCUT2D eigenvalue weighted by molar-refractivity contribution is -0.100. The minimum Gasteiger partial charge on any atom is -0.399 e. The molecule has 84 valence electrons. The third kappa shape index (κ3) is 3.99. The zero-order chi connectivity index (χ0) is 11.1. The normalized spacial score (nSPS) is 20.4. The Morgan fingerprint density at radius 1 is 1.21 bits per heavy atom. The first-order chi connectivity index (χ1) is 6.54. The smallest absolute Gasteiger partial charge is 0.121 e. The molecule has 0 spiro atoms. The van der Waals surface area contributed by atoms with Gasteiger partial charge in [-0.3, -0.25) is 0 Å². The van der Waals surface area contributed by atoms with Crippen LogP contribution in [-0.2, 0) is 4.84 Å². The van der Waals surface area contributed by atoms with Crippen LogP contribution in [0, 0.1) is 0 Å². The molecule has 0 bridgehead atoms. The standard InChI is InChI=1S/C7H15NO6/c1-14-8-2-4(10)6(12)7(13)5(11)3-9/h2,4-7,9-13H,3H2,1H3/t4-,5+,6+,7+/m0/s1. The van der Waals surface area contributed by atoms with E-state index in [1.165, 1.54) is 7.11 Å². The predicted molar refractivity (Wildman–Crippen MR) is 46.6 cm³/mol. The molecule has 0 saturated heterocycles. The summed E-state index contributed by atoms with van der Waals surface area (Å²) in [5.74, 6) is 0. The Morgan fingerprint density at radius 3 is 2.21 bits per heavy atom. The molecule has 0 heterocycles. The fourth-order valence-corrected chi connectivity index (χ4v) is 0.749. The van der Waals surface area contributed by atoms with Gasteiger partial charge in [-0.15, -0.1) is 0 Å². The molecule has 0 unspecified atom stereocenters. The van der Waals surface area contributed by atoms with E-state index in [9.17, 15) is 5.11 Å². The molecule has 14 heavy (non-hydrogen) atoms. The van der Waals surface area contributed by atoms with Crippen LogP contribution in [0.25, 0.3) is 0 Å². The molecule has 7 nitrogen and oxygen atoms in total. The molecule has 0 aromatic heterocycles. The Bertz CT molecular complexity index is 176.